The van der Waals surface area contributed by atoms with Gasteiger partial charge in [0.05, 0.1) is 11.4 Å². The second-order valence-corrected chi connectivity index (χ2v) is 9.30. The molecule has 1 aliphatic heterocycles. The molecule has 2 heterocycles. The lowest BCUT2D eigenvalue weighted by molar-refractivity contribution is 0.0989. The van der Waals surface area contributed by atoms with Crippen molar-refractivity contribution in [3.8, 4) is 0 Å². The monoisotopic (exact) mass is 421 g/mol. The van der Waals surface area contributed by atoms with Gasteiger partial charge in [0, 0.05) is 30.2 Å². The Hall–Kier alpha value is -3.19. The van der Waals surface area contributed by atoms with Crippen molar-refractivity contribution in [2.75, 3.05) is 16.2 Å². The Kier molecular flexibility index (Phi) is 5.30. The van der Waals surface area contributed by atoms with E-state index in [0.717, 1.165) is 34.4 Å². The third-order valence-corrected chi connectivity index (χ3v) is 6.51. The summed E-state index contributed by atoms with van der Waals surface area (Å²) < 4.78 is 28.2. The summed E-state index contributed by atoms with van der Waals surface area (Å²) in [5.41, 5.74) is 5.51. The predicted octanol–water partition coefficient (Wildman–Crippen LogP) is 3.84. The molecule has 154 valence electrons. The molecule has 2 aromatic carbocycles. The largest absolute Gasteiger partial charge is 0.308 e. The van der Waals surface area contributed by atoms with Gasteiger partial charge in [-0.25, -0.2) is 8.42 Å². The van der Waals surface area contributed by atoms with Gasteiger partial charge in [0.25, 0.3) is 5.91 Å². The maximum atomic E-state index is 12.9. The Bertz CT molecular complexity index is 1210. The number of hydrogen-bond donors (Lipinski definition) is 1. The number of rotatable bonds is 5. The van der Waals surface area contributed by atoms with Crippen LogP contribution in [-0.4, -0.2) is 25.9 Å². The van der Waals surface area contributed by atoms with E-state index in [1.165, 1.54) is 0 Å². The number of fused-ring (bicyclic) bond motifs is 1. The van der Waals surface area contributed by atoms with E-state index >= 15 is 0 Å². The van der Waals surface area contributed by atoms with Crippen LogP contribution in [0.2, 0.25) is 0 Å². The number of benzene rings is 2. The van der Waals surface area contributed by atoms with Crippen molar-refractivity contribution in [3.05, 3.63) is 88.7 Å². The fourth-order valence-electron chi connectivity index (χ4n) is 3.68. The molecule has 1 aromatic heterocycles. The zero-order chi connectivity index (χ0) is 21.3. The van der Waals surface area contributed by atoms with Gasteiger partial charge >= 0.3 is 0 Å². The number of amides is 1. The first-order valence-corrected chi connectivity index (χ1v) is 11.4. The van der Waals surface area contributed by atoms with Crippen LogP contribution in [0.25, 0.3) is 0 Å². The number of carbonyl (C=O) groups excluding carboxylic acids is 1. The van der Waals surface area contributed by atoms with E-state index in [4.69, 9.17) is 0 Å². The van der Waals surface area contributed by atoms with Crippen LogP contribution < -0.4 is 9.62 Å². The topological polar surface area (TPSA) is 79.4 Å². The summed E-state index contributed by atoms with van der Waals surface area (Å²) in [4.78, 5) is 18.5. The average molecular weight is 422 g/mol. The molecule has 3 aromatic rings. The molecule has 4 rings (SSSR count). The predicted molar refractivity (Wildman–Crippen MR) is 118 cm³/mol. The van der Waals surface area contributed by atoms with Crippen LogP contribution in [0.4, 0.5) is 11.4 Å². The molecule has 1 N–H and O–H groups in total. The van der Waals surface area contributed by atoms with E-state index in [1.54, 1.807) is 41.6 Å². The molecule has 7 heteroatoms. The molecule has 30 heavy (non-hydrogen) atoms. The molecule has 6 nitrogen and oxygen atoms in total. The summed E-state index contributed by atoms with van der Waals surface area (Å²) in [5, 5.41) is 0. The van der Waals surface area contributed by atoms with Gasteiger partial charge in [-0.15, -0.1) is 0 Å². The second kappa shape index (κ2) is 7.91. The first-order valence-electron chi connectivity index (χ1n) is 9.74. The second-order valence-electron chi connectivity index (χ2n) is 7.58. The fraction of sp³-hybridized carbons (Fsp3) is 0.217. The van der Waals surface area contributed by atoms with Gasteiger partial charge in [-0.05, 0) is 61.2 Å². The van der Waals surface area contributed by atoms with Crippen LogP contribution in [-0.2, 0) is 22.2 Å². The SMILES string of the molecule is Cc1ccc(C)c(CS(=O)(=O)Nc2ccc3c(c2)N(C(=O)c2ccncc2)CC3)c1. The minimum absolute atomic E-state index is 0.0999. The van der Waals surface area contributed by atoms with Crippen LogP contribution in [0.3, 0.4) is 0 Å². The zero-order valence-corrected chi connectivity index (χ0v) is 17.7. The standard InChI is InChI=1S/C23H23N3O3S/c1-16-3-4-17(2)20(13-16)15-30(28,29)25-21-6-5-18-9-12-26(22(18)14-21)23(27)19-7-10-24-11-8-19/h3-8,10-11,13-14,25H,9,12,15H2,1-2H3. The quantitative estimate of drug-likeness (QED) is 0.679. The van der Waals surface area contributed by atoms with Gasteiger partial charge in [0.2, 0.25) is 10.0 Å². The molecule has 0 saturated carbocycles. The molecule has 0 unspecified atom stereocenters. The smallest absolute Gasteiger partial charge is 0.258 e. The van der Waals surface area contributed by atoms with Gasteiger partial charge < -0.3 is 4.90 Å². The maximum absolute atomic E-state index is 12.9. The highest BCUT2D eigenvalue weighted by Crippen LogP contribution is 2.32. The molecule has 0 bridgehead atoms. The molecule has 0 saturated heterocycles. The van der Waals surface area contributed by atoms with Crippen molar-refractivity contribution < 1.29 is 13.2 Å². The Morgan fingerprint density at radius 2 is 1.83 bits per heavy atom. The number of anilines is 2. The van der Waals surface area contributed by atoms with E-state index in [0.29, 0.717) is 17.8 Å². The van der Waals surface area contributed by atoms with E-state index in [9.17, 15) is 13.2 Å². The van der Waals surface area contributed by atoms with Crippen LogP contribution in [0.5, 0.6) is 0 Å². The third-order valence-electron chi connectivity index (χ3n) is 5.28. The first kappa shape index (κ1) is 20.1. The Morgan fingerprint density at radius 3 is 2.60 bits per heavy atom. The van der Waals surface area contributed by atoms with Gasteiger partial charge in [-0.1, -0.05) is 29.8 Å². The van der Waals surface area contributed by atoms with Crippen molar-refractivity contribution >= 4 is 27.3 Å². The van der Waals surface area contributed by atoms with Crippen molar-refractivity contribution in [2.45, 2.75) is 26.0 Å². The highest BCUT2D eigenvalue weighted by Gasteiger charge is 2.26. The number of hydrogen-bond acceptors (Lipinski definition) is 4. The van der Waals surface area contributed by atoms with Crippen molar-refractivity contribution in [1.82, 2.24) is 4.98 Å². The van der Waals surface area contributed by atoms with Crippen LogP contribution in [0.15, 0.2) is 60.9 Å². The fourth-order valence-corrected chi connectivity index (χ4v) is 4.96. The van der Waals surface area contributed by atoms with E-state index in [-0.39, 0.29) is 11.7 Å². The van der Waals surface area contributed by atoms with E-state index in [1.807, 2.05) is 38.1 Å². The number of aryl methyl sites for hydroxylation is 2. The maximum Gasteiger partial charge on any atom is 0.258 e. The highest BCUT2D eigenvalue weighted by atomic mass is 32.2. The number of carbonyl (C=O) groups is 1. The summed E-state index contributed by atoms with van der Waals surface area (Å²) in [6.45, 7) is 4.41. The van der Waals surface area contributed by atoms with E-state index < -0.39 is 10.0 Å². The first-order chi connectivity index (χ1) is 14.3. The molecule has 0 atom stereocenters. The summed E-state index contributed by atoms with van der Waals surface area (Å²) in [5.74, 6) is -0.219. The summed E-state index contributed by atoms with van der Waals surface area (Å²) in [7, 11) is -3.60. The molecule has 1 aliphatic rings. The summed E-state index contributed by atoms with van der Waals surface area (Å²) in [6, 6.07) is 14.5. The third kappa shape index (κ3) is 4.21. The Balaban J connectivity index is 1.57. The zero-order valence-electron chi connectivity index (χ0n) is 16.9. The lowest BCUT2D eigenvalue weighted by Crippen LogP contribution is -2.29. The number of aromatic nitrogens is 1. The average Bonchev–Trinajstić information content (AvgIpc) is 3.13. The Labute approximate surface area is 176 Å². The minimum Gasteiger partial charge on any atom is -0.308 e. The molecule has 0 fully saturated rings. The molecular formula is C23H23N3O3S. The lowest BCUT2D eigenvalue weighted by Gasteiger charge is -2.18. The highest BCUT2D eigenvalue weighted by molar-refractivity contribution is 7.91. The minimum atomic E-state index is -3.60. The van der Waals surface area contributed by atoms with Crippen molar-refractivity contribution in [2.24, 2.45) is 0 Å². The number of nitrogens with one attached hydrogen (secondary N) is 1. The number of nitrogens with zero attached hydrogens (tertiary/aromatic N) is 2. The van der Waals surface area contributed by atoms with Gasteiger partial charge in [0.15, 0.2) is 0 Å². The number of pyridine rings is 1. The van der Waals surface area contributed by atoms with Crippen molar-refractivity contribution in [3.63, 3.8) is 0 Å². The molecule has 0 spiro atoms. The van der Waals surface area contributed by atoms with Crippen molar-refractivity contribution in [1.29, 1.82) is 0 Å². The molecule has 1 amide bonds. The van der Waals surface area contributed by atoms with Crippen LogP contribution in [0.1, 0.15) is 32.6 Å². The van der Waals surface area contributed by atoms with Gasteiger partial charge in [0.1, 0.15) is 0 Å². The Morgan fingerprint density at radius 1 is 1.07 bits per heavy atom. The van der Waals surface area contributed by atoms with Crippen LogP contribution >= 0.6 is 0 Å². The summed E-state index contributed by atoms with van der Waals surface area (Å²) in [6.07, 6.45) is 3.91. The number of sulfonamides is 1. The normalized spacial score (nSPS) is 13.2. The van der Waals surface area contributed by atoms with E-state index in [2.05, 4.69) is 9.71 Å². The molecule has 0 aliphatic carbocycles. The summed E-state index contributed by atoms with van der Waals surface area (Å²) >= 11 is 0. The van der Waals surface area contributed by atoms with Gasteiger partial charge in [-0.2, -0.15) is 0 Å². The molecule has 0 radical (unpaired) electrons. The lowest BCUT2D eigenvalue weighted by atomic mass is 10.1. The molecular weight excluding hydrogens is 398 g/mol. The van der Waals surface area contributed by atoms with Crippen LogP contribution in [0, 0.1) is 13.8 Å². The van der Waals surface area contributed by atoms with Gasteiger partial charge in [-0.3, -0.25) is 14.5 Å².